The van der Waals surface area contributed by atoms with Crippen LogP contribution in [0.25, 0.3) is 0 Å². The first kappa shape index (κ1) is 16.9. The van der Waals surface area contributed by atoms with Gasteiger partial charge in [0.25, 0.3) is 11.8 Å². The Morgan fingerprint density at radius 1 is 1.32 bits per heavy atom. The molecule has 2 rings (SSSR count). The van der Waals surface area contributed by atoms with Crippen molar-refractivity contribution in [1.29, 1.82) is 0 Å². The summed E-state index contributed by atoms with van der Waals surface area (Å²) in [5.74, 6) is -0.0403. The molecule has 0 radical (unpaired) electrons. The van der Waals surface area contributed by atoms with Crippen molar-refractivity contribution in [3.05, 3.63) is 28.7 Å². The summed E-state index contributed by atoms with van der Waals surface area (Å²) < 4.78 is 6.14. The Kier molecular flexibility index (Phi) is 6.35. The van der Waals surface area contributed by atoms with E-state index in [0.717, 1.165) is 15.1 Å². The van der Waals surface area contributed by atoms with Gasteiger partial charge in [0.05, 0.1) is 20.3 Å². The number of nitrogens with one attached hydrogen (secondary N) is 2. The molecule has 120 valence electrons. The molecule has 0 bridgehead atoms. The van der Waals surface area contributed by atoms with Gasteiger partial charge in [0.1, 0.15) is 0 Å². The van der Waals surface area contributed by atoms with E-state index in [9.17, 15) is 9.59 Å². The summed E-state index contributed by atoms with van der Waals surface area (Å²) in [5, 5.41) is 2.83. The molecule has 2 amide bonds. The number of carbonyl (C=O) groups excluding carboxylic acids is 2. The van der Waals surface area contributed by atoms with Crippen molar-refractivity contribution in [1.82, 2.24) is 4.90 Å². The van der Waals surface area contributed by atoms with Crippen LogP contribution in [0.4, 0.5) is 5.69 Å². The zero-order valence-corrected chi connectivity index (χ0v) is 14.2. The van der Waals surface area contributed by atoms with E-state index in [1.54, 1.807) is 4.90 Å². The molecule has 2 N–H and O–H groups in total. The van der Waals surface area contributed by atoms with Gasteiger partial charge in [-0.3, -0.25) is 9.59 Å². The summed E-state index contributed by atoms with van der Waals surface area (Å²) in [7, 11) is 1.85. The van der Waals surface area contributed by atoms with Crippen LogP contribution in [0.1, 0.15) is 0 Å². The van der Waals surface area contributed by atoms with E-state index in [2.05, 4.69) is 21.2 Å². The van der Waals surface area contributed by atoms with Crippen molar-refractivity contribution in [2.75, 3.05) is 51.8 Å². The van der Waals surface area contributed by atoms with Crippen LogP contribution in [-0.4, -0.2) is 63.2 Å². The molecule has 1 aromatic rings. The molecular weight excluding hydrogens is 350 g/mol. The molecule has 7 heteroatoms. The molecule has 1 atom stereocenters. The van der Waals surface area contributed by atoms with Crippen molar-refractivity contribution in [2.45, 2.75) is 0 Å². The number of morpholine rings is 1. The second-order valence-corrected chi connectivity index (χ2v) is 6.28. The maximum Gasteiger partial charge on any atom is 0.279 e. The standard InChI is InChI=1S/C15H20BrN3O3/c1-18(11-15(21)19-5-7-22-8-6-19)10-14(20)17-13-4-2-3-12(16)9-13/h2-4,9H,5-8,10-11H2,1H3,(H,17,20)/p+1. The Labute approximate surface area is 138 Å². The maximum absolute atomic E-state index is 12.1. The molecule has 1 fully saturated rings. The predicted molar refractivity (Wildman–Crippen MR) is 86.8 cm³/mol. The predicted octanol–water partition coefficient (Wildman–Crippen LogP) is -0.239. The number of carbonyl (C=O) groups is 2. The van der Waals surface area contributed by atoms with Gasteiger partial charge >= 0.3 is 0 Å². The summed E-state index contributed by atoms with van der Waals surface area (Å²) in [6.07, 6.45) is 0. The van der Waals surface area contributed by atoms with Crippen LogP contribution in [0, 0.1) is 0 Å². The summed E-state index contributed by atoms with van der Waals surface area (Å²) in [5.41, 5.74) is 0.742. The zero-order valence-electron chi connectivity index (χ0n) is 12.6. The molecular formula is C15H21BrN3O3+. The fourth-order valence-corrected chi connectivity index (χ4v) is 2.69. The lowest BCUT2D eigenvalue weighted by Crippen LogP contribution is -3.11. The first-order valence-electron chi connectivity index (χ1n) is 7.27. The van der Waals surface area contributed by atoms with Crippen LogP contribution in [0.3, 0.4) is 0 Å². The minimum atomic E-state index is -0.106. The molecule has 1 heterocycles. The van der Waals surface area contributed by atoms with Gasteiger partial charge in [-0.05, 0) is 18.2 Å². The van der Waals surface area contributed by atoms with E-state index < -0.39 is 0 Å². The number of anilines is 1. The third-order valence-electron chi connectivity index (χ3n) is 3.39. The third kappa shape index (κ3) is 5.40. The smallest absolute Gasteiger partial charge is 0.279 e. The van der Waals surface area contributed by atoms with Gasteiger partial charge in [-0.25, -0.2) is 0 Å². The SMILES string of the molecule is C[NH+](CC(=O)Nc1cccc(Br)c1)CC(=O)N1CCOCC1. The van der Waals surface area contributed by atoms with Crippen molar-refractivity contribution in [3.8, 4) is 0 Å². The van der Waals surface area contributed by atoms with Gasteiger partial charge in [-0.1, -0.05) is 22.0 Å². The van der Waals surface area contributed by atoms with Crippen molar-refractivity contribution in [2.24, 2.45) is 0 Å². The van der Waals surface area contributed by atoms with Crippen LogP contribution < -0.4 is 10.2 Å². The highest BCUT2D eigenvalue weighted by Gasteiger charge is 2.21. The topological polar surface area (TPSA) is 63.1 Å². The lowest BCUT2D eigenvalue weighted by atomic mass is 10.3. The Balaban J connectivity index is 1.77. The largest absolute Gasteiger partial charge is 0.378 e. The molecule has 6 nitrogen and oxygen atoms in total. The Hall–Kier alpha value is -1.44. The molecule has 0 aliphatic carbocycles. The van der Waals surface area contributed by atoms with Crippen LogP contribution in [0.5, 0.6) is 0 Å². The molecule has 1 aromatic carbocycles. The number of benzene rings is 1. The van der Waals surface area contributed by atoms with Crippen molar-refractivity contribution < 1.29 is 19.2 Å². The van der Waals surface area contributed by atoms with Crippen molar-refractivity contribution in [3.63, 3.8) is 0 Å². The lowest BCUT2D eigenvalue weighted by molar-refractivity contribution is -0.862. The molecule has 1 aliphatic rings. The second kappa shape index (κ2) is 8.26. The highest BCUT2D eigenvalue weighted by atomic mass is 79.9. The first-order valence-corrected chi connectivity index (χ1v) is 8.06. The van der Waals surface area contributed by atoms with Crippen LogP contribution in [0.2, 0.25) is 0 Å². The minimum absolute atomic E-state index is 0.0658. The average molecular weight is 371 g/mol. The number of rotatable bonds is 5. The van der Waals surface area contributed by atoms with Gasteiger partial charge in [0.2, 0.25) is 0 Å². The average Bonchev–Trinajstić information content (AvgIpc) is 2.47. The quantitative estimate of drug-likeness (QED) is 0.751. The first-order chi connectivity index (χ1) is 10.5. The van der Waals surface area contributed by atoms with E-state index in [-0.39, 0.29) is 18.4 Å². The van der Waals surface area contributed by atoms with Crippen LogP contribution in [-0.2, 0) is 14.3 Å². The zero-order chi connectivity index (χ0) is 15.9. The Morgan fingerprint density at radius 3 is 2.73 bits per heavy atom. The Morgan fingerprint density at radius 2 is 2.05 bits per heavy atom. The van der Waals surface area contributed by atoms with E-state index in [0.29, 0.717) is 32.8 Å². The summed E-state index contributed by atoms with van der Waals surface area (Å²) in [6, 6.07) is 7.43. The van der Waals surface area contributed by atoms with Gasteiger partial charge < -0.3 is 19.9 Å². The number of amides is 2. The third-order valence-corrected chi connectivity index (χ3v) is 3.88. The summed E-state index contributed by atoms with van der Waals surface area (Å²) in [4.78, 5) is 26.8. The maximum atomic E-state index is 12.1. The fraction of sp³-hybridized carbons (Fsp3) is 0.467. The van der Waals surface area contributed by atoms with E-state index >= 15 is 0 Å². The normalized spacial score (nSPS) is 16.2. The molecule has 1 saturated heterocycles. The summed E-state index contributed by atoms with van der Waals surface area (Å²) in [6.45, 7) is 3.02. The van der Waals surface area contributed by atoms with Gasteiger partial charge in [0.15, 0.2) is 13.1 Å². The van der Waals surface area contributed by atoms with Crippen LogP contribution in [0.15, 0.2) is 28.7 Å². The molecule has 1 unspecified atom stereocenters. The molecule has 0 saturated carbocycles. The number of hydrogen-bond acceptors (Lipinski definition) is 3. The summed E-state index contributed by atoms with van der Waals surface area (Å²) >= 11 is 3.36. The number of halogens is 1. The number of nitrogens with zero attached hydrogens (tertiary/aromatic N) is 1. The van der Waals surface area contributed by atoms with Crippen molar-refractivity contribution >= 4 is 33.4 Å². The van der Waals surface area contributed by atoms with Gasteiger partial charge in [-0.15, -0.1) is 0 Å². The highest BCUT2D eigenvalue weighted by molar-refractivity contribution is 9.10. The van der Waals surface area contributed by atoms with E-state index in [4.69, 9.17) is 4.74 Å². The second-order valence-electron chi connectivity index (χ2n) is 5.36. The number of likely N-dealkylation sites (N-methyl/N-ethyl adjacent to an activating group) is 1. The minimum Gasteiger partial charge on any atom is -0.378 e. The number of hydrogen-bond donors (Lipinski definition) is 2. The molecule has 22 heavy (non-hydrogen) atoms. The highest BCUT2D eigenvalue weighted by Crippen LogP contribution is 2.15. The lowest BCUT2D eigenvalue weighted by Gasteiger charge is -2.27. The monoisotopic (exact) mass is 370 g/mol. The molecule has 1 aliphatic heterocycles. The van der Waals surface area contributed by atoms with Crippen LogP contribution >= 0.6 is 15.9 Å². The van der Waals surface area contributed by atoms with Gasteiger partial charge in [-0.2, -0.15) is 0 Å². The van der Waals surface area contributed by atoms with E-state index in [1.807, 2.05) is 31.3 Å². The molecule has 0 aromatic heterocycles. The number of ether oxygens (including phenoxy) is 1. The Bertz CT molecular complexity index is 533. The fourth-order valence-electron chi connectivity index (χ4n) is 2.29. The number of quaternary nitrogens is 1. The van der Waals surface area contributed by atoms with Gasteiger partial charge in [0, 0.05) is 23.2 Å². The molecule has 0 spiro atoms. The van der Waals surface area contributed by atoms with E-state index in [1.165, 1.54) is 0 Å².